The van der Waals surface area contributed by atoms with Gasteiger partial charge in [0.2, 0.25) is 0 Å². The Labute approximate surface area is 119 Å². The lowest BCUT2D eigenvalue weighted by atomic mass is 10.2. The van der Waals surface area contributed by atoms with Crippen LogP contribution in [-0.2, 0) is 0 Å². The highest BCUT2D eigenvalue weighted by molar-refractivity contribution is 5.58. The van der Waals surface area contributed by atoms with Crippen molar-refractivity contribution in [2.24, 2.45) is 0 Å². The van der Waals surface area contributed by atoms with Gasteiger partial charge in [-0.05, 0) is 50.2 Å². The smallest absolute Gasteiger partial charge is 0.0930 e. The number of anilines is 3. The van der Waals surface area contributed by atoms with Crippen molar-refractivity contribution in [1.29, 1.82) is 0 Å². The second-order valence-corrected chi connectivity index (χ2v) is 4.45. The first-order valence-electron chi connectivity index (χ1n) is 6.87. The lowest BCUT2D eigenvalue weighted by molar-refractivity contribution is 0.472. The van der Waals surface area contributed by atoms with E-state index >= 15 is 0 Å². The summed E-state index contributed by atoms with van der Waals surface area (Å²) in [6.07, 6.45) is 0. The number of nitrogens with zero attached hydrogens (tertiary/aromatic N) is 2. The van der Waals surface area contributed by atoms with Crippen LogP contribution in [0.15, 0.2) is 54.6 Å². The molecule has 0 saturated heterocycles. The fourth-order valence-electron chi connectivity index (χ4n) is 2.07. The van der Waals surface area contributed by atoms with E-state index in [0.717, 1.165) is 18.8 Å². The summed E-state index contributed by atoms with van der Waals surface area (Å²) in [7, 11) is 0. The topological polar surface area (TPSA) is 18.5 Å². The second-order valence-electron chi connectivity index (χ2n) is 4.45. The van der Waals surface area contributed by atoms with Crippen molar-refractivity contribution in [2.45, 2.75) is 13.8 Å². The molecule has 0 amide bonds. The molecule has 0 saturated carbocycles. The second kappa shape index (κ2) is 6.80. The molecule has 4 heteroatoms. The Morgan fingerprint density at radius 1 is 0.850 bits per heavy atom. The third-order valence-electron chi connectivity index (χ3n) is 3.21. The fraction of sp³-hybridized carbons (Fsp3) is 0.250. The van der Waals surface area contributed by atoms with Crippen molar-refractivity contribution in [3.8, 4) is 0 Å². The summed E-state index contributed by atoms with van der Waals surface area (Å²) in [6.45, 7) is 6.16. The zero-order valence-corrected chi connectivity index (χ0v) is 11.9. The standard InChI is InChI=1S/C16H20FN3/c1-3-19(4-2)15-12-10-14(11-13-15)18-20(17)16-8-6-5-7-9-16/h5-13,18H,3-4H2,1-2H3. The van der Waals surface area contributed by atoms with Crippen LogP contribution in [0, 0.1) is 0 Å². The van der Waals surface area contributed by atoms with Crippen molar-refractivity contribution in [3.05, 3.63) is 54.6 Å². The van der Waals surface area contributed by atoms with Gasteiger partial charge in [-0.15, -0.1) is 5.23 Å². The molecule has 0 radical (unpaired) electrons. The van der Waals surface area contributed by atoms with Crippen LogP contribution < -0.4 is 15.6 Å². The van der Waals surface area contributed by atoms with Gasteiger partial charge in [-0.25, -0.2) is 0 Å². The summed E-state index contributed by atoms with van der Waals surface area (Å²) in [4.78, 5) is 2.24. The van der Waals surface area contributed by atoms with Gasteiger partial charge in [-0.2, -0.15) is 0 Å². The molecule has 0 atom stereocenters. The van der Waals surface area contributed by atoms with E-state index in [2.05, 4.69) is 24.2 Å². The number of hydrazine groups is 1. The Hall–Kier alpha value is -2.23. The molecule has 2 rings (SSSR count). The Morgan fingerprint density at radius 3 is 2.00 bits per heavy atom. The van der Waals surface area contributed by atoms with Crippen LogP contribution in [-0.4, -0.2) is 13.1 Å². The minimum atomic E-state index is 0.473. The molecule has 0 aliphatic heterocycles. The van der Waals surface area contributed by atoms with Crippen LogP contribution in [0.25, 0.3) is 0 Å². The molecule has 0 aromatic heterocycles. The monoisotopic (exact) mass is 273 g/mol. The van der Waals surface area contributed by atoms with Crippen molar-refractivity contribution in [2.75, 3.05) is 28.6 Å². The van der Waals surface area contributed by atoms with E-state index in [1.54, 1.807) is 24.3 Å². The van der Waals surface area contributed by atoms with Gasteiger partial charge in [0.25, 0.3) is 0 Å². The van der Waals surface area contributed by atoms with Crippen LogP contribution in [0.2, 0.25) is 0 Å². The average Bonchev–Trinajstić information content (AvgIpc) is 2.51. The summed E-state index contributed by atoms with van der Waals surface area (Å²) in [5, 5.41) is 0.520. The SMILES string of the molecule is CCN(CC)c1ccc(NN(F)c2ccccc2)cc1. The highest BCUT2D eigenvalue weighted by Gasteiger charge is 2.05. The number of para-hydroxylation sites is 1. The maximum Gasteiger partial charge on any atom is 0.0930 e. The quantitative estimate of drug-likeness (QED) is 0.627. The van der Waals surface area contributed by atoms with Crippen LogP contribution in [0.1, 0.15) is 13.8 Å². The third-order valence-corrected chi connectivity index (χ3v) is 3.21. The van der Waals surface area contributed by atoms with Crippen LogP contribution in [0.3, 0.4) is 0 Å². The Balaban J connectivity index is 2.04. The molecule has 106 valence electrons. The highest BCUT2D eigenvalue weighted by Crippen LogP contribution is 2.20. The number of nitrogens with one attached hydrogen (secondary N) is 1. The van der Waals surface area contributed by atoms with E-state index < -0.39 is 0 Å². The van der Waals surface area contributed by atoms with Gasteiger partial charge in [0, 0.05) is 18.8 Å². The molecule has 0 heterocycles. The molecule has 2 aromatic carbocycles. The Bertz CT molecular complexity index is 509. The molecule has 0 fully saturated rings. The maximum absolute atomic E-state index is 13.9. The predicted molar refractivity (Wildman–Crippen MR) is 83.7 cm³/mol. The van der Waals surface area contributed by atoms with Gasteiger partial charge >= 0.3 is 0 Å². The normalized spacial score (nSPS) is 10.2. The molecule has 0 unspecified atom stereocenters. The first-order valence-corrected chi connectivity index (χ1v) is 6.87. The first kappa shape index (κ1) is 14.2. The maximum atomic E-state index is 13.9. The Morgan fingerprint density at radius 2 is 1.45 bits per heavy atom. The summed E-state index contributed by atoms with van der Waals surface area (Å²) in [5.74, 6) is 0. The Kier molecular flexibility index (Phi) is 4.82. The van der Waals surface area contributed by atoms with Gasteiger partial charge < -0.3 is 4.90 Å². The minimum absolute atomic E-state index is 0.473. The molecule has 20 heavy (non-hydrogen) atoms. The lowest BCUT2D eigenvalue weighted by Crippen LogP contribution is -2.22. The number of halogens is 1. The van der Waals surface area contributed by atoms with E-state index in [1.807, 2.05) is 30.3 Å². The molecule has 0 spiro atoms. The molecule has 2 aromatic rings. The van der Waals surface area contributed by atoms with Crippen LogP contribution >= 0.6 is 0 Å². The van der Waals surface area contributed by atoms with Crippen molar-refractivity contribution < 1.29 is 4.48 Å². The van der Waals surface area contributed by atoms with Crippen molar-refractivity contribution >= 4 is 17.1 Å². The number of benzene rings is 2. The highest BCUT2D eigenvalue weighted by atomic mass is 19.2. The fourth-order valence-corrected chi connectivity index (χ4v) is 2.07. The molecule has 0 aliphatic rings. The molecular weight excluding hydrogens is 253 g/mol. The molecule has 0 bridgehead atoms. The zero-order valence-electron chi connectivity index (χ0n) is 11.9. The number of hydrogen-bond acceptors (Lipinski definition) is 3. The first-order chi connectivity index (χ1) is 9.74. The lowest BCUT2D eigenvalue weighted by Gasteiger charge is -2.22. The predicted octanol–water partition coefficient (Wildman–Crippen LogP) is 4.25. The molecule has 1 N–H and O–H groups in total. The summed E-state index contributed by atoms with van der Waals surface area (Å²) in [6, 6.07) is 16.6. The largest absolute Gasteiger partial charge is 0.372 e. The van der Waals surface area contributed by atoms with Gasteiger partial charge in [0.05, 0.1) is 11.4 Å². The van der Waals surface area contributed by atoms with Crippen LogP contribution in [0.5, 0.6) is 0 Å². The van der Waals surface area contributed by atoms with Gasteiger partial charge in [0.15, 0.2) is 0 Å². The van der Waals surface area contributed by atoms with E-state index in [1.165, 1.54) is 0 Å². The van der Waals surface area contributed by atoms with E-state index in [9.17, 15) is 4.48 Å². The van der Waals surface area contributed by atoms with Crippen molar-refractivity contribution in [1.82, 2.24) is 0 Å². The minimum Gasteiger partial charge on any atom is -0.372 e. The summed E-state index contributed by atoms with van der Waals surface area (Å²) >= 11 is 0. The molecule has 0 aliphatic carbocycles. The van der Waals surface area contributed by atoms with E-state index in [4.69, 9.17) is 0 Å². The average molecular weight is 273 g/mol. The third kappa shape index (κ3) is 3.41. The summed E-state index contributed by atoms with van der Waals surface area (Å²) < 4.78 is 13.9. The van der Waals surface area contributed by atoms with Crippen LogP contribution in [0.4, 0.5) is 21.5 Å². The van der Waals surface area contributed by atoms with Gasteiger partial charge in [0.1, 0.15) is 0 Å². The van der Waals surface area contributed by atoms with E-state index in [0.29, 0.717) is 16.6 Å². The number of rotatable bonds is 6. The molecular formula is C16H20FN3. The summed E-state index contributed by atoms with van der Waals surface area (Å²) in [5.41, 5.74) is 5.04. The van der Waals surface area contributed by atoms with Gasteiger partial charge in [-0.3, -0.25) is 5.43 Å². The van der Waals surface area contributed by atoms with Crippen molar-refractivity contribution in [3.63, 3.8) is 0 Å². The van der Waals surface area contributed by atoms with Gasteiger partial charge in [-0.1, -0.05) is 22.7 Å². The zero-order chi connectivity index (χ0) is 14.4. The number of hydrogen-bond donors (Lipinski definition) is 1. The van der Waals surface area contributed by atoms with E-state index in [-0.39, 0.29) is 0 Å². The molecule has 3 nitrogen and oxygen atoms in total.